The maximum atomic E-state index is 14.0. The smallest absolute Gasteiger partial charge is 0.231 e. The third-order valence-corrected chi connectivity index (χ3v) is 8.28. The minimum absolute atomic E-state index is 0.156. The van der Waals surface area contributed by atoms with E-state index in [0.29, 0.717) is 17.0 Å². The topological polar surface area (TPSA) is 52.6 Å². The molecule has 7 heteroatoms. The molecule has 1 aromatic carbocycles. The maximum absolute atomic E-state index is 14.0. The Morgan fingerprint density at radius 2 is 1.76 bits per heavy atom. The molecular formula is C27H36ClN5O. The molecule has 3 atom stereocenters. The molecule has 0 spiro atoms. The van der Waals surface area contributed by atoms with E-state index in [-0.39, 0.29) is 17.9 Å². The molecule has 3 aliphatic rings. The number of aryl methyl sites for hydroxylation is 1. The van der Waals surface area contributed by atoms with Gasteiger partial charge in [0, 0.05) is 54.5 Å². The van der Waals surface area contributed by atoms with Crippen LogP contribution in [0.1, 0.15) is 68.7 Å². The summed E-state index contributed by atoms with van der Waals surface area (Å²) in [6.07, 6.45) is 6.10. The van der Waals surface area contributed by atoms with Crippen molar-refractivity contribution in [2.45, 2.75) is 70.4 Å². The molecule has 0 radical (unpaired) electrons. The van der Waals surface area contributed by atoms with Crippen molar-refractivity contribution in [3.05, 3.63) is 52.4 Å². The molecule has 1 aromatic heterocycles. The number of halogens is 1. The fourth-order valence-corrected chi connectivity index (χ4v) is 6.35. The predicted octanol–water partition coefficient (Wildman–Crippen LogP) is 4.48. The lowest BCUT2D eigenvalue weighted by molar-refractivity contribution is -0.134. The zero-order valence-electron chi connectivity index (χ0n) is 20.6. The first kappa shape index (κ1) is 23.6. The van der Waals surface area contributed by atoms with E-state index in [1.54, 1.807) is 6.33 Å². The number of anilines is 1. The number of likely N-dealkylation sites (tertiary alicyclic amines) is 1. The fraction of sp³-hybridized carbons (Fsp3) is 0.593. The van der Waals surface area contributed by atoms with Gasteiger partial charge in [-0.25, -0.2) is 9.97 Å². The van der Waals surface area contributed by atoms with Gasteiger partial charge in [-0.1, -0.05) is 30.7 Å². The van der Waals surface area contributed by atoms with Gasteiger partial charge in [0.15, 0.2) is 0 Å². The number of nitrogens with zero attached hydrogens (tertiary/aromatic N) is 5. The number of hydrogen-bond donors (Lipinski definition) is 0. The van der Waals surface area contributed by atoms with Crippen LogP contribution in [-0.4, -0.2) is 70.5 Å². The first-order valence-corrected chi connectivity index (χ1v) is 13.2. The van der Waals surface area contributed by atoms with Crippen LogP contribution in [0, 0.1) is 0 Å². The summed E-state index contributed by atoms with van der Waals surface area (Å²) >= 11 is 6.19. The van der Waals surface area contributed by atoms with E-state index >= 15 is 0 Å². The second kappa shape index (κ2) is 9.82. The molecule has 1 amide bonds. The normalized spacial score (nSPS) is 24.0. The summed E-state index contributed by atoms with van der Waals surface area (Å²) in [7, 11) is 0. The molecule has 0 N–H and O–H groups in total. The number of hydrogen-bond acceptors (Lipinski definition) is 5. The summed E-state index contributed by atoms with van der Waals surface area (Å²) in [6, 6.07) is 8.58. The van der Waals surface area contributed by atoms with Crippen LogP contribution in [0.2, 0.25) is 5.02 Å². The molecule has 1 aliphatic carbocycles. The Morgan fingerprint density at radius 1 is 1.03 bits per heavy atom. The van der Waals surface area contributed by atoms with Crippen LogP contribution in [0.3, 0.4) is 0 Å². The van der Waals surface area contributed by atoms with E-state index in [4.69, 9.17) is 11.6 Å². The highest BCUT2D eigenvalue weighted by Gasteiger charge is 2.40. The molecule has 2 saturated heterocycles. The van der Waals surface area contributed by atoms with Crippen molar-refractivity contribution < 1.29 is 4.79 Å². The largest absolute Gasteiger partial charge is 0.353 e. The van der Waals surface area contributed by atoms with Crippen LogP contribution in [0.25, 0.3) is 0 Å². The van der Waals surface area contributed by atoms with Crippen molar-refractivity contribution in [3.8, 4) is 0 Å². The van der Waals surface area contributed by atoms with Gasteiger partial charge in [0.25, 0.3) is 0 Å². The van der Waals surface area contributed by atoms with Crippen molar-refractivity contribution in [2.75, 3.05) is 37.6 Å². The summed E-state index contributed by atoms with van der Waals surface area (Å²) in [5.74, 6) is 1.68. The van der Waals surface area contributed by atoms with Crippen molar-refractivity contribution in [3.63, 3.8) is 0 Å². The Morgan fingerprint density at radius 3 is 2.47 bits per heavy atom. The number of piperazine rings is 1. The number of benzene rings is 1. The van der Waals surface area contributed by atoms with E-state index in [9.17, 15) is 4.79 Å². The van der Waals surface area contributed by atoms with E-state index in [1.807, 2.05) is 24.3 Å². The number of rotatable bonds is 5. The Bertz CT molecular complexity index is 1020. The minimum Gasteiger partial charge on any atom is -0.353 e. The lowest BCUT2D eigenvalue weighted by Gasteiger charge is -2.40. The van der Waals surface area contributed by atoms with Gasteiger partial charge in [-0.3, -0.25) is 9.69 Å². The lowest BCUT2D eigenvalue weighted by atomic mass is 9.87. The molecule has 0 saturated carbocycles. The first-order chi connectivity index (χ1) is 16.4. The molecule has 34 heavy (non-hydrogen) atoms. The highest BCUT2D eigenvalue weighted by molar-refractivity contribution is 6.30. The van der Waals surface area contributed by atoms with Crippen molar-refractivity contribution in [1.29, 1.82) is 0 Å². The molecule has 6 nitrogen and oxygen atoms in total. The van der Waals surface area contributed by atoms with Crippen LogP contribution in [0.5, 0.6) is 0 Å². The van der Waals surface area contributed by atoms with Crippen molar-refractivity contribution >= 4 is 23.3 Å². The number of aromatic nitrogens is 2. The van der Waals surface area contributed by atoms with Gasteiger partial charge in [0.05, 0.1) is 5.92 Å². The van der Waals surface area contributed by atoms with E-state index in [1.165, 1.54) is 11.3 Å². The lowest BCUT2D eigenvalue weighted by Crippen LogP contribution is -2.53. The minimum atomic E-state index is -0.156. The average molecular weight is 482 g/mol. The molecule has 2 aromatic rings. The number of fused-ring (bicyclic) bond motifs is 1. The third kappa shape index (κ3) is 4.42. The molecule has 0 unspecified atom stereocenters. The second-order valence-electron chi connectivity index (χ2n) is 10.4. The van der Waals surface area contributed by atoms with Gasteiger partial charge >= 0.3 is 0 Å². The van der Waals surface area contributed by atoms with Gasteiger partial charge in [0.1, 0.15) is 12.1 Å². The summed E-state index contributed by atoms with van der Waals surface area (Å²) in [4.78, 5) is 30.2. The van der Waals surface area contributed by atoms with E-state index in [2.05, 4.69) is 45.4 Å². The number of carbonyl (C=O) groups is 1. The Balaban J connectivity index is 1.35. The Hall–Kier alpha value is -2.18. The zero-order chi connectivity index (χ0) is 23.8. The van der Waals surface area contributed by atoms with E-state index in [0.717, 1.165) is 69.8 Å². The first-order valence-electron chi connectivity index (χ1n) is 12.8. The summed E-state index contributed by atoms with van der Waals surface area (Å²) in [5.41, 5.74) is 3.60. The molecule has 2 aliphatic heterocycles. The van der Waals surface area contributed by atoms with Crippen molar-refractivity contribution in [2.24, 2.45) is 0 Å². The van der Waals surface area contributed by atoms with Crippen molar-refractivity contribution in [1.82, 2.24) is 19.8 Å². The van der Waals surface area contributed by atoms with Crippen LogP contribution < -0.4 is 4.90 Å². The Kier molecular flexibility index (Phi) is 6.81. The average Bonchev–Trinajstić information content (AvgIpc) is 3.48. The fourth-order valence-electron chi connectivity index (χ4n) is 6.22. The maximum Gasteiger partial charge on any atom is 0.231 e. The van der Waals surface area contributed by atoms with Crippen LogP contribution in [0.15, 0.2) is 30.6 Å². The van der Waals surface area contributed by atoms with Gasteiger partial charge in [-0.05, 0) is 69.7 Å². The van der Waals surface area contributed by atoms with Gasteiger partial charge in [0.2, 0.25) is 5.91 Å². The van der Waals surface area contributed by atoms with Crippen LogP contribution in [-0.2, 0) is 11.2 Å². The number of carbonyl (C=O) groups excluding carboxylic acids is 1. The van der Waals surface area contributed by atoms with Gasteiger partial charge in [-0.15, -0.1) is 0 Å². The zero-order valence-corrected chi connectivity index (χ0v) is 21.3. The highest BCUT2D eigenvalue weighted by Crippen LogP contribution is 2.38. The SMILES string of the molecule is CC(C)N1CCC[C@H]1[C@@H](C(=O)N1CCN(c2ncnc3c2[C@H](C)CC3)CC1)c1ccc(Cl)cc1. The number of amides is 1. The quantitative estimate of drug-likeness (QED) is 0.630. The second-order valence-corrected chi connectivity index (χ2v) is 10.8. The molecular weight excluding hydrogens is 446 g/mol. The summed E-state index contributed by atoms with van der Waals surface area (Å²) in [6.45, 7) is 10.9. The summed E-state index contributed by atoms with van der Waals surface area (Å²) < 4.78 is 0. The predicted molar refractivity (Wildman–Crippen MR) is 137 cm³/mol. The van der Waals surface area contributed by atoms with Crippen LogP contribution in [0.4, 0.5) is 5.82 Å². The van der Waals surface area contributed by atoms with E-state index < -0.39 is 0 Å². The standard InChI is InChI=1S/C27H36ClN5O/c1-18(2)33-12-4-5-23(33)25(20-7-9-21(28)10-8-20)27(34)32-15-13-31(14-16-32)26-24-19(3)6-11-22(24)29-17-30-26/h7-10,17-19,23,25H,4-6,11-16H2,1-3H3/t19-,23+,25+/m1/s1. The highest BCUT2D eigenvalue weighted by atomic mass is 35.5. The molecule has 3 heterocycles. The third-order valence-electron chi connectivity index (χ3n) is 8.03. The van der Waals surface area contributed by atoms with Gasteiger partial charge in [-0.2, -0.15) is 0 Å². The van der Waals surface area contributed by atoms with Gasteiger partial charge < -0.3 is 9.80 Å². The monoisotopic (exact) mass is 481 g/mol. The molecule has 2 fully saturated rings. The molecule has 0 bridgehead atoms. The summed E-state index contributed by atoms with van der Waals surface area (Å²) in [5, 5.41) is 0.710. The van der Waals surface area contributed by atoms with Crippen LogP contribution >= 0.6 is 11.6 Å². The molecule has 182 valence electrons. The Labute approximate surface area is 208 Å². The molecule has 5 rings (SSSR count).